The van der Waals surface area contributed by atoms with E-state index in [4.69, 9.17) is 21.1 Å². The Labute approximate surface area is 257 Å². The topological polar surface area (TPSA) is 160 Å². The van der Waals surface area contributed by atoms with Crippen LogP contribution in [0.2, 0.25) is 5.02 Å². The lowest BCUT2D eigenvalue weighted by Crippen LogP contribution is -2.16. The number of nitro groups is 1. The molecule has 5 aromatic rings. The van der Waals surface area contributed by atoms with Crippen LogP contribution in [0.15, 0.2) is 60.9 Å². The number of non-ortho nitro benzene ring substituents is 1. The highest BCUT2D eigenvalue weighted by atomic mass is 35.5. The van der Waals surface area contributed by atoms with Gasteiger partial charge in [-0.3, -0.25) is 19.8 Å². The van der Waals surface area contributed by atoms with Gasteiger partial charge in [-0.15, -0.1) is 5.10 Å². The molecule has 0 bridgehead atoms. The lowest BCUT2D eigenvalue weighted by Gasteiger charge is -2.14. The molecule has 0 saturated heterocycles. The largest absolute Gasteiger partial charge is 0.459 e. The fraction of sp³-hybridized carbons (Fsp3) is 0.267. The van der Waals surface area contributed by atoms with E-state index in [1.54, 1.807) is 37.8 Å². The van der Waals surface area contributed by atoms with Gasteiger partial charge in [0.05, 0.1) is 34.1 Å². The minimum atomic E-state index is -0.601. The van der Waals surface area contributed by atoms with E-state index in [2.05, 4.69) is 30.6 Å². The standard InChI is InChI=1S/C30H29ClN8O5/c1-18(2)44-29(40)27-19(3)34-30(35-28(27)20-5-8-23(9-6-20)39(41)42)43-17-22-16-38(37-36-22)14-4-12-32-25-11-13-33-26-15-21(31)7-10-24(25)26/h5-11,13,15-16,18H,4,12,14,17H2,1-3H3,(H,32,33). The van der Waals surface area contributed by atoms with E-state index in [1.165, 1.54) is 24.3 Å². The number of halogens is 1. The SMILES string of the molecule is Cc1nc(OCc2cn(CCCNc3ccnc4cc(Cl)ccc34)nn2)nc(-c2ccc([N+](=O)[O-])cc2)c1C(=O)OC(C)C. The normalized spacial score (nSPS) is 11.1. The first-order valence-corrected chi connectivity index (χ1v) is 14.2. The molecule has 13 nitrogen and oxygen atoms in total. The number of hydrogen-bond donors (Lipinski definition) is 1. The number of carbonyl (C=O) groups is 1. The lowest BCUT2D eigenvalue weighted by atomic mass is 10.0. The number of aromatic nitrogens is 6. The van der Waals surface area contributed by atoms with Crippen LogP contribution in [0.25, 0.3) is 22.2 Å². The molecule has 3 aromatic heterocycles. The van der Waals surface area contributed by atoms with Gasteiger partial charge in [0.15, 0.2) is 0 Å². The van der Waals surface area contributed by atoms with Crippen LogP contribution in [0, 0.1) is 17.0 Å². The number of fused-ring (bicyclic) bond motifs is 1. The first-order valence-electron chi connectivity index (χ1n) is 13.8. The zero-order valence-electron chi connectivity index (χ0n) is 24.2. The van der Waals surface area contributed by atoms with Gasteiger partial charge in [0.1, 0.15) is 17.9 Å². The fourth-order valence-electron chi connectivity index (χ4n) is 4.47. The maximum absolute atomic E-state index is 12.9. The van der Waals surface area contributed by atoms with Crippen molar-refractivity contribution in [1.29, 1.82) is 0 Å². The molecule has 5 rings (SSSR count). The van der Waals surface area contributed by atoms with Crippen LogP contribution in [-0.4, -0.2) is 53.5 Å². The number of nitrogens with zero attached hydrogens (tertiary/aromatic N) is 7. The third-order valence-corrected chi connectivity index (χ3v) is 6.72. The van der Waals surface area contributed by atoms with Crippen molar-refractivity contribution in [3.05, 3.63) is 93.0 Å². The summed E-state index contributed by atoms with van der Waals surface area (Å²) in [7, 11) is 0. The molecule has 0 fully saturated rings. The van der Waals surface area contributed by atoms with E-state index in [9.17, 15) is 14.9 Å². The van der Waals surface area contributed by atoms with Crippen molar-refractivity contribution in [2.75, 3.05) is 11.9 Å². The van der Waals surface area contributed by atoms with Crippen LogP contribution in [0.3, 0.4) is 0 Å². The molecule has 226 valence electrons. The Balaban J connectivity index is 1.23. The molecular formula is C30H29ClN8O5. The molecule has 0 amide bonds. The number of hydrogen-bond acceptors (Lipinski definition) is 11. The van der Waals surface area contributed by atoms with Crippen LogP contribution in [-0.2, 0) is 17.9 Å². The molecule has 0 radical (unpaired) electrons. The monoisotopic (exact) mass is 616 g/mol. The first kappa shape index (κ1) is 30.3. The van der Waals surface area contributed by atoms with Crippen LogP contribution < -0.4 is 10.1 Å². The van der Waals surface area contributed by atoms with Crippen LogP contribution in [0.5, 0.6) is 6.01 Å². The van der Waals surface area contributed by atoms with Crippen LogP contribution >= 0.6 is 11.6 Å². The molecular weight excluding hydrogens is 588 g/mol. The number of anilines is 1. The Hall–Kier alpha value is -5.17. The van der Waals surface area contributed by atoms with Gasteiger partial charge in [-0.1, -0.05) is 16.8 Å². The second-order valence-corrected chi connectivity index (χ2v) is 10.6. The Bertz CT molecular complexity index is 1810. The first-order chi connectivity index (χ1) is 21.2. The molecule has 0 aliphatic heterocycles. The van der Waals surface area contributed by atoms with Gasteiger partial charge < -0.3 is 14.8 Å². The molecule has 0 spiro atoms. The van der Waals surface area contributed by atoms with Crippen molar-refractivity contribution in [2.45, 2.75) is 46.4 Å². The van der Waals surface area contributed by atoms with Crippen LogP contribution in [0.1, 0.15) is 42.0 Å². The highest BCUT2D eigenvalue weighted by Crippen LogP contribution is 2.29. The summed E-state index contributed by atoms with van der Waals surface area (Å²) in [5.74, 6) is -0.601. The number of carbonyl (C=O) groups excluding carboxylic acids is 1. The number of nitro benzene ring substituents is 1. The highest BCUT2D eigenvalue weighted by molar-refractivity contribution is 6.31. The summed E-state index contributed by atoms with van der Waals surface area (Å²) in [6.07, 6.45) is 3.95. The van der Waals surface area contributed by atoms with Crippen molar-refractivity contribution in [3.63, 3.8) is 0 Å². The predicted octanol–water partition coefficient (Wildman–Crippen LogP) is 5.80. The van der Waals surface area contributed by atoms with Gasteiger partial charge in [0.2, 0.25) is 0 Å². The van der Waals surface area contributed by atoms with Gasteiger partial charge in [-0.25, -0.2) is 4.79 Å². The average molecular weight is 617 g/mol. The molecule has 1 N–H and O–H groups in total. The zero-order chi connectivity index (χ0) is 31.2. The number of pyridine rings is 1. The molecule has 44 heavy (non-hydrogen) atoms. The van der Waals surface area contributed by atoms with E-state index < -0.39 is 10.9 Å². The summed E-state index contributed by atoms with van der Waals surface area (Å²) < 4.78 is 13.0. The predicted molar refractivity (Wildman–Crippen MR) is 164 cm³/mol. The Morgan fingerprint density at radius 1 is 1.14 bits per heavy atom. The molecule has 0 aliphatic carbocycles. The second kappa shape index (κ2) is 13.4. The van der Waals surface area contributed by atoms with Gasteiger partial charge in [-0.05, 0) is 63.6 Å². The van der Waals surface area contributed by atoms with Gasteiger partial charge in [0, 0.05) is 53.1 Å². The second-order valence-electron chi connectivity index (χ2n) is 10.1. The van der Waals surface area contributed by atoms with Crippen molar-refractivity contribution in [2.24, 2.45) is 0 Å². The third-order valence-electron chi connectivity index (χ3n) is 6.49. The van der Waals surface area contributed by atoms with E-state index in [1.807, 2.05) is 24.3 Å². The van der Waals surface area contributed by atoms with Crippen molar-refractivity contribution >= 4 is 39.8 Å². The lowest BCUT2D eigenvalue weighted by molar-refractivity contribution is -0.384. The Morgan fingerprint density at radius 2 is 1.93 bits per heavy atom. The number of aryl methyl sites for hydroxylation is 2. The molecule has 0 aliphatic rings. The molecule has 0 saturated carbocycles. The van der Waals surface area contributed by atoms with Gasteiger partial charge >= 0.3 is 12.0 Å². The highest BCUT2D eigenvalue weighted by Gasteiger charge is 2.23. The molecule has 0 unspecified atom stereocenters. The van der Waals surface area contributed by atoms with E-state index in [0.717, 1.165) is 23.0 Å². The van der Waals surface area contributed by atoms with Gasteiger partial charge in [-0.2, -0.15) is 9.97 Å². The number of nitrogens with one attached hydrogen (secondary N) is 1. The summed E-state index contributed by atoms with van der Waals surface area (Å²) in [6, 6.07) is 13.3. The minimum Gasteiger partial charge on any atom is -0.459 e. The van der Waals surface area contributed by atoms with E-state index >= 15 is 0 Å². The number of ether oxygens (including phenoxy) is 2. The maximum Gasteiger partial charge on any atom is 0.342 e. The quantitative estimate of drug-likeness (QED) is 0.0780. The third kappa shape index (κ3) is 7.24. The van der Waals surface area contributed by atoms with Crippen molar-refractivity contribution in [1.82, 2.24) is 29.9 Å². The summed E-state index contributed by atoms with van der Waals surface area (Å²) in [4.78, 5) is 36.7. The summed E-state index contributed by atoms with van der Waals surface area (Å²) in [5, 5.41) is 24.6. The van der Waals surface area contributed by atoms with Crippen LogP contribution in [0.4, 0.5) is 11.4 Å². The fourth-order valence-corrected chi connectivity index (χ4v) is 4.64. The van der Waals surface area contributed by atoms with E-state index in [0.29, 0.717) is 35.1 Å². The van der Waals surface area contributed by atoms with Gasteiger partial charge in [0.25, 0.3) is 5.69 Å². The van der Waals surface area contributed by atoms with Crippen molar-refractivity contribution < 1.29 is 19.2 Å². The molecule has 0 atom stereocenters. The number of esters is 1. The zero-order valence-corrected chi connectivity index (χ0v) is 25.0. The van der Waals surface area contributed by atoms with Crippen molar-refractivity contribution in [3.8, 4) is 17.3 Å². The molecule has 14 heteroatoms. The summed E-state index contributed by atoms with van der Waals surface area (Å²) in [5.41, 5.74) is 3.50. The Kier molecular flexibility index (Phi) is 9.24. The average Bonchev–Trinajstić information content (AvgIpc) is 3.45. The summed E-state index contributed by atoms with van der Waals surface area (Å²) >= 11 is 6.08. The molecule has 2 aromatic carbocycles. The minimum absolute atomic E-state index is 0.0153. The van der Waals surface area contributed by atoms with E-state index in [-0.39, 0.29) is 35.7 Å². The summed E-state index contributed by atoms with van der Waals surface area (Å²) in [6.45, 7) is 6.49. The smallest absolute Gasteiger partial charge is 0.342 e. The number of benzene rings is 2. The maximum atomic E-state index is 12.9. The Morgan fingerprint density at radius 3 is 2.68 bits per heavy atom. The number of rotatable bonds is 12. The molecule has 3 heterocycles.